The van der Waals surface area contributed by atoms with Crippen LogP contribution in [0.15, 0.2) is 24.3 Å². The van der Waals surface area contributed by atoms with Gasteiger partial charge in [0.25, 0.3) is 0 Å². The van der Waals surface area contributed by atoms with E-state index in [0.29, 0.717) is 12.6 Å². The van der Waals surface area contributed by atoms with Crippen LogP contribution < -0.4 is 16.0 Å². The fraction of sp³-hybridized carbons (Fsp3) is 0.588. The van der Waals surface area contributed by atoms with Crippen LogP contribution in [0.5, 0.6) is 0 Å². The van der Waals surface area contributed by atoms with Crippen molar-refractivity contribution in [1.29, 1.82) is 0 Å². The van der Waals surface area contributed by atoms with Crippen LogP contribution in [0.25, 0.3) is 0 Å². The molecule has 21 heavy (non-hydrogen) atoms. The number of anilines is 1. The summed E-state index contributed by atoms with van der Waals surface area (Å²) in [7, 11) is 0. The number of para-hydroxylation sites is 1. The number of fused-ring (bicyclic) bond motifs is 1. The van der Waals surface area contributed by atoms with Crippen LogP contribution in [0.2, 0.25) is 0 Å². The lowest BCUT2D eigenvalue weighted by Crippen LogP contribution is -2.39. The first-order chi connectivity index (χ1) is 10.1. The van der Waals surface area contributed by atoms with Crippen LogP contribution in [0, 0.1) is 5.92 Å². The third-order valence-electron chi connectivity index (χ3n) is 4.84. The molecule has 1 aromatic rings. The van der Waals surface area contributed by atoms with Crippen LogP contribution in [0.4, 0.5) is 5.69 Å². The highest BCUT2D eigenvalue weighted by atomic mass is 16.1. The highest BCUT2D eigenvalue weighted by molar-refractivity contribution is 5.79. The maximum absolute atomic E-state index is 12.1. The molecule has 4 nitrogen and oxygen atoms in total. The van der Waals surface area contributed by atoms with Crippen LogP contribution in [-0.2, 0) is 11.2 Å². The minimum absolute atomic E-state index is 0.128. The van der Waals surface area contributed by atoms with E-state index in [0.717, 1.165) is 32.2 Å². The Morgan fingerprint density at radius 1 is 1.38 bits per heavy atom. The lowest BCUT2D eigenvalue weighted by molar-refractivity contribution is -0.124. The predicted molar refractivity (Wildman–Crippen MR) is 85.3 cm³/mol. The van der Waals surface area contributed by atoms with Gasteiger partial charge in [-0.3, -0.25) is 4.79 Å². The van der Waals surface area contributed by atoms with Gasteiger partial charge in [0.2, 0.25) is 5.91 Å². The quantitative estimate of drug-likeness (QED) is 0.886. The van der Waals surface area contributed by atoms with Gasteiger partial charge in [-0.15, -0.1) is 0 Å². The molecule has 1 saturated carbocycles. The molecule has 0 bridgehead atoms. The van der Waals surface area contributed by atoms with Crippen LogP contribution in [0.1, 0.15) is 31.7 Å². The SMILES string of the molecule is C[C@@H]1Cc2ccccc2N1CCNC(=O)[C@@H]1CC[C@@H](N)C1. The molecule has 1 heterocycles. The zero-order chi connectivity index (χ0) is 14.8. The van der Waals surface area contributed by atoms with Crippen molar-refractivity contribution in [3.8, 4) is 0 Å². The van der Waals surface area contributed by atoms with Crippen LogP contribution >= 0.6 is 0 Å². The first kappa shape index (κ1) is 14.4. The van der Waals surface area contributed by atoms with E-state index < -0.39 is 0 Å². The van der Waals surface area contributed by atoms with E-state index in [2.05, 4.69) is 41.4 Å². The maximum atomic E-state index is 12.1. The molecule has 4 heteroatoms. The van der Waals surface area contributed by atoms with Crippen molar-refractivity contribution >= 4 is 11.6 Å². The summed E-state index contributed by atoms with van der Waals surface area (Å²) in [5.41, 5.74) is 8.61. The number of hydrogen-bond acceptors (Lipinski definition) is 3. The molecule has 1 amide bonds. The van der Waals surface area contributed by atoms with Crippen molar-refractivity contribution in [2.24, 2.45) is 11.7 Å². The molecule has 3 rings (SSSR count). The Balaban J connectivity index is 1.51. The van der Waals surface area contributed by atoms with Crippen molar-refractivity contribution in [3.05, 3.63) is 29.8 Å². The van der Waals surface area contributed by atoms with Crippen LogP contribution in [-0.4, -0.2) is 31.1 Å². The van der Waals surface area contributed by atoms with Crippen molar-refractivity contribution in [3.63, 3.8) is 0 Å². The molecule has 3 atom stereocenters. The number of amides is 1. The minimum Gasteiger partial charge on any atom is -0.367 e. The molecule has 114 valence electrons. The second-order valence-electron chi connectivity index (χ2n) is 6.44. The summed E-state index contributed by atoms with van der Waals surface area (Å²) in [6.07, 6.45) is 3.86. The average Bonchev–Trinajstić information content (AvgIpc) is 3.03. The Kier molecular flexibility index (Phi) is 4.15. The number of nitrogens with one attached hydrogen (secondary N) is 1. The summed E-state index contributed by atoms with van der Waals surface area (Å²) >= 11 is 0. The minimum atomic E-state index is 0.128. The summed E-state index contributed by atoms with van der Waals surface area (Å²) in [6.45, 7) is 3.84. The van der Waals surface area contributed by atoms with Gasteiger partial charge in [0.15, 0.2) is 0 Å². The fourth-order valence-electron chi connectivity index (χ4n) is 3.67. The Morgan fingerprint density at radius 3 is 2.95 bits per heavy atom. The largest absolute Gasteiger partial charge is 0.367 e. The van der Waals surface area contributed by atoms with Gasteiger partial charge in [-0.05, 0) is 44.2 Å². The molecule has 0 unspecified atom stereocenters. The van der Waals surface area contributed by atoms with Crippen molar-refractivity contribution < 1.29 is 4.79 Å². The van der Waals surface area contributed by atoms with Gasteiger partial charge in [0, 0.05) is 36.8 Å². The topological polar surface area (TPSA) is 58.4 Å². The van der Waals surface area contributed by atoms with Crippen molar-refractivity contribution in [2.75, 3.05) is 18.0 Å². The average molecular weight is 287 g/mol. The zero-order valence-corrected chi connectivity index (χ0v) is 12.7. The van der Waals surface area contributed by atoms with Gasteiger partial charge in [0.05, 0.1) is 0 Å². The smallest absolute Gasteiger partial charge is 0.223 e. The number of benzene rings is 1. The molecule has 0 saturated heterocycles. The van der Waals surface area contributed by atoms with E-state index in [9.17, 15) is 4.79 Å². The number of rotatable bonds is 4. The molecule has 1 aliphatic carbocycles. The Morgan fingerprint density at radius 2 is 2.19 bits per heavy atom. The standard InChI is InChI=1S/C17H25N3O/c1-12-10-13-4-2-3-5-16(13)20(12)9-8-19-17(21)14-6-7-15(18)11-14/h2-5,12,14-15H,6-11,18H2,1H3,(H,19,21)/t12-,14-,15-/m1/s1. The van der Waals surface area contributed by atoms with E-state index in [1.54, 1.807) is 0 Å². The van der Waals surface area contributed by atoms with Gasteiger partial charge < -0.3 is 16.0 Å². The van der Waals surface area contributed by atoms with Gasteiger partial charge >= 0.3 is 0 Å². The molecule has 3 N–H and O–H groups in total. The monoisotopic (exact) mass is 287 g/mol. The van der Waals surface area contributed by atoms with E-state index in [4.69, 9.17) is 5.73 Å². The summed E-state index contributed by atoms with van der Waals surface area (Å²) in [4.78, 5) is 14.5. The molecular formula is C17H25N3O. The Hall–Kier alpha value is -1.55. The summed E-state index contributed by atoms with van der Waals surface area (Å²) < 4.78 is 0. The van der Waals surface area contributed by atoms with E-state index in [-0.39, 0.29) is 17.9 Å². The predicted octanol–water partition coefficient (Wildman–Crippen LogP) is 1.68. The normalized spacial score (nSPS) is 27.7. The number of carbonyl (C=O) groups excluding carboxylic acids is 1. The van der Waals surface area contributed by atoms with Crippen LogP contribution in [0.3, 0.4) is 0 Å². The molecule has 0 radical (unpaired) electrons. The maximum Gasteiger partial charge on any atom is 0.223 e. The number of nitrogens with zero attached hydrogens (tertiary/aromatic N) is 1. The molecule has 1 fully saturated rings. The van der Waals surface area contributed by atoms with Gasteiger partial charge in [-0.2, -0.15) is 0 Å². The van der Waals surface area contributed by atoms with E-state index in [1.807, 2.05) is 0 Å². The summed E-state index contributed by atoms with van der Waals surface area (Å²) in [5.74, 6) is 0.311. The molecule has 1 aromatic carbocycles. The lowest BCUT2D eigenvalue weighted by atomic mass is 10.1. The van der Waals surface area contributed by atoms with E-state index >= 15 is 0 Å². The number of nitrogens with two attached hydrogens (primary N) is 1. The van der Waals surface area contributed by atoms with Crippen molar-refractivity contribution in [1.82, 2.24) is 5.32 Å². The third-order valence-corrected chi connectivity index (χ3v) is 4.84. The molecule has 0 spiro atoms. The Labute approximate surface area is 126 Å². The molecule has 2 aliphatic rings. The Bertz CT molecular complexity index is 517. The van der Waals surface area contributed by atoms with Gasteiger partial charge in [-0.1, -0.05) is 18.2 Å². The first-order valence-electron chi connectivity index (χ1n) is 8.03. The highest BCUT2D eigenvalue weighted by Gasteiger charge is 2.28. The zero-order valence-electron chi connectivity index (χ0n) is 12.7. The highest BCUT2D eigenvalue weighted by Crippen LogP contribution is 2.31. The third kappa shape index (κ3) is 3.05. The van der Waals surface area contributed by atoms with Gasteiger partial charge in [-0.25, -0.2) is 0 Å². The van der Waals surface area contributed by atoms with Crippen molar-refractivity contribution in [2.45, 2.75) is 44.7 Å². The van der Waals surface area contributed by atoms with E-state index in [1.165, 1.54) is 11.3 Å². The second-order valence-corrected chi connectivity index (χ2v) is 6.44. The summed E-state index contributed by atoms with van der Waals surface area (Å²) in [6, 6.07) is 9.29. The molecule has 1 aliphatic heterocycles. The number of carbonyl (C=O) groups is 1. The lowest BCUT2D eigenvalue weighted by Gasteiger charge is -2.25. The molecular weight excluding hydrogens is 262 g/mol. The first-order valence-corrected chi connectivity index (χ1v) is 8.03. The molecule has 0 aromatic heterocycles. The summed E-state index contributed by atoms with van der Waals surface area (Å²) in [5, 5.41) is 3.09. The number of hydrogen-bond donors (Lipinski definition) is 2. The van der Waals surface area contributed by atoms with Gasteiger partial charge in [0.1, 0.15) is 0 Å². The fourth-order valence-corrected chi connectivity index (χ4v) is 3.67. The second kappa shape index (κ2) is 6.06.